The monoisotopic (exact) mass is 449 g/mol. The van der Waals surface area contributed by atoms with E-state index in [2.05, 4.69) is 4.98 Å². The van der Waals surface area contributed by atoms with Crippen molar-refractivity contribution in [3.05, 3.63) is 82.9 Å². The van der Waals surface area contributed by atoms with Gasteiger partial charge in [0.1, 0.15) is 18.1 Å². The highest BCUT2D eigenvalue weighted by Gasteiger charge is 2.10. The number of hydrogen-bond acceptors (Lipinski definition) is 4. The minimum Gasteiger partial charge on any atom is -0.489 e. The number of aromatic nitrogens is 2. The van der Waals surface area contributed by atoms with E-state index in [1.807, 2.05) is 48.5 Å². The molecule has 0 aliphatic heterocycles. The number of primary amides is 1. The molecule has 0 bridgehead atoms. The van der Waals surface area contributed by atoms with Gasteiger partial charge in [0.05, 0.1) is 12.4 Å². The zero-order valence-electron chi connectivity index (χ0n) is 16.4. The number of aliphatic hydroxyl groups excluding tert-OH is 1. The van der Waals surface area contributed by atoms with Crippen LogP contribution < -0.4 is 10.5 Å². The number of benzene rings is 2. The van der Waals surface area contributed by atoms with Gasteiger partial charge in [0.25, 0.3) is 5.91 Å². The molecule has 2 aromatic carbocycles. The summed E-state index contributed by atoms with van der Waals surface area (Å²) in [5.41, 5.74) is 7.54. The number of amides is 1. The number of carbonyl (C=O) groups is 1. The van der Waals surface area contributed by atoms with E-state index in [1.165, 1.54) is 6.33 Å². The van der Waals surface area contributed by atoms with Gasteiger partial charge in [-0.05, 0) is 48.6 Å². The number of para-hydroxylation sites is 1. The molecule has 1 unspecified atom stereocenters. The standard InChI is InChI=1S/C22H24ClN3O3.ClH/c23-18-10-8-16(9-11-18)14-29-21-7-2-1-4-17(21)5-3-6-19(27)12-26-13-20(22(24)28)25-15-26;/h1-2,4,7-11,13,15,19,27H,3,5-6,12,14H2,(H2,24,28);1H. The lowest BCUT2D eigenvalue weighted by Crippen LogP contribution is -2.15. The van der Waals surface area contributed by atoms with E-state index >= 15 is 0 Å². The lowest BCUT2D eigenvalue weighted by atomic mass is 10.0. The Hall–Kier alpha value is -2.54. The van der Waals surface area contributed by atoms with Gasteiger partial charge < -0.3 is 20.1 Å². The largest absolute Gasteiger partial charge is 0.489 e. The Kier molecular flexibility index (Phi) is 9.17. The molecule has 160 valence electrons. The first-order chi connectivity index (χ1) is 14.0. The van der Waals surface area contributed by atoms with Crippen LogP contribution in [-0.2, 0) is 19.6 Å². The van der Waals surface area contributed by atoms with Gasteiger partial charge in [0.15, 0.2) is 0 Å². The number of nitrogens with two attached hydrogens (primary N) is 1. The number of ether oxygens (including phenoxy) is 1. The van der Waals surface area contributed by atoms with Crippen LogP contribution in [0.1, 0.15) is 34.5 Å². The summed E-state index contributed by atoms with van der Waals surface area (Å²) >= 11 is 5.92. The number of rotatable bonds is 10. The van der Waals surface area contributed by atoms with Gasteiger partial charge in [0, 0.05) is 17.8 Å². The smallest absolute Gasteiger partial charge is 0.268 e. The number of carbonyl (C=O) groups excluding carboxylic acids is 1. The van der Waals surface area contributed by atoms with Crippen LogP contribution in [0.2, 0.25) is 5.02 Å². The van der Waals surface area contributed by atoms with E-state index < -0.39 is 12.0 Å². The van der Waals surface area contributed by atoms with E-state index in [1.54, 1.807) is 10.8 Å². The van der Waals surface area contributed by atoms with Crippen molar-refractivity contribution in [2.45, 2.75) is 38.5 Å². The van der Waals surface area contributed by atoms with Crippen molar-refractivity contribution in [2.24, 2.45) is 5.73 Å². The number of hydrogen-bond donors (Lipinski definition) is 2. The van der Waals surface area contributed by atoms with Crippen LogP contribution in [0.15, 0.2) is 61.1 Å². The first-order valence-electron chi connectivity index (χ1n) is 9.46. The van der Waals surface area contributed by atoms with Crippen LogP contribution in [0.25, 0.3) is 0 Å². The molecule has 0 aliphatic rings. The van der Waals surface area contributed by atoms with E-state index in [-0.39, 0.29) is 18.1 Å². The van der Waals surface area contributed by atoms with Gasteiger partial charge in [-0.25, -0.2) is 4.98 Å². The Bertz CT molecular complexity index is 945. The summed E-state index contributed by atoms with van der Waals surface area (Å²) in [7, 11) is 0. The molecule has 3 aromatic rings. The second-order valence-corrected chi connectivity index (χ2v) is 7.33. The summed E-state index contributed by atoms with van der Waals surface area (Å²) in [6, 6.07) is 15.5. The second-order valence-electron chi connectivity index (χ2n) is 6.89. The minimum absolute atomic E-state index is 0. The molecule has 1 aromatic heterocycles. The van der Waals surface area contributed by atoms with Crippen LogP contribution in [-0.4, -0.2) is 26.7 Å². The number of halogens is 2. The van der Waals surface area contributed by atoms with E-state index in [4.69, 9.17) is 22.1 Å². The van der Waals surface area contributed by atoms with Crippen molar-refractivity contribution in [1.82, 2.24) is 9.55 Å². The fourth-order valence-electron chi connectivity index (χ4n) is 3.04. The van der Waals surface area contributed by atoms with E-state index in [0.717, 1.165) is 29.7 Å². The van der Waals surface area contributed by atoms with Gasteiger partial charge >= 0.3 is 0 Å². The number of imidazole rings is 1. The summed E-state index contributed by atoms with van der Waals surface area (Å²) in [6.07, 6.45) is 4.74. The molecular weight excluding hydrogens is 425 g/mol. The van der Waals surface area contributed by atoms with Gasteiger partial charge in [-0.2, -0.15) is 0 Å². The molecule has 0 saturated heterocycles. The third-order valence-corrected chi connectivity index (χ3v) is 4.82. The topological polar surface area (TPSA) is 90.4 Å². The van der Waals surface area contributed by atoms with Crippen molar-refractivity contribution in [3.63, 3.8) is 0 Å². The van der Waals surface area contributed by atoms with Crippen LogP contribution in [0.5, 0.6) is 5.75 Å². The summed E-state index contributed by atoms with van der Waals surface area (Å²) in [5.74, 6) is 0.270. The Balaban J connectivity index is 0.00000320. The van der Waals surface area contributed by atoms with Gasteiger partial charge in [-0.1, -0.05) is 41.9 Å². The molecule has 0 fully saturated rings. The van der Waals surface area contributed by atoms with Crippen LogP contribution in [0.3, 0.4) is 0 Å². The van der Waals surface area contributed by atoms with Gasteiger partial charge in [-0.15, -0.1) is 12.4 Å². The highest BCUT2D eigenvalue weighted by atomic mass is 35.5. The maximum Gasteiger partial charge on any atom is 0.268 e. The summed E-state index contributed by atoms with van der Waals surface area (Å²) in [5, 5.41) is 11.0. The first-order valence-corrected chi connectivity index (χ1v) is 9.84. The van der Waals surface area contributed by atoms with Crippen molar-refractivity contribution < 1.29 is 14.6 Å². The summed E-state index contributed by atoms with van der Waals surface area (Å²) in [6.45, 7) is 0.842. The predicted octanol–water partition coefficient (Wildman–Crippen LogP) is 4.02. The van der Waals surface area contributed by atoms with E-state index in [0.29, 0.717) is 24.6 Å². The third kappa shape index (κ3) is 7.06. The third-order valence-electron chi connectivity index (χ3n) is 4.57. The molecule has 1 atom stereocenters. The lowest BCUT2D eigenvalue weighted by Gasteiger charge is -2.14. The number of nitrogens with zero attached hydrogens (tertiary/aromatic N) is 2. The van der Waals surface area contributed by atoms with Gasteiger partial charge in [-0.3, -0.25) is 4.79 Å². The normalized spacial score (nSPS) is 11.5. The Labute approximate surface area is 187 Å². The zero-order chi connectivity index (χ0) is 20.6. The van der Waals surface area contributed by atoms with Crippen molar-refractivity contribution in [3.8, 4) is 5.75 Å². The van der Waals surface area contributed by atoms with E-state index in [9.17, 15) is 9.90 Å². The molecule has 8 heteroatoms. The first kappa shape index (κ1) is 23.7. The summed E-state index contributed by atoms with van der Waals surface area (Å²) in [4.78, 5) is 15.0. The quantitative estimate of drug-likeness (QED) is 0.488. The average molecular weight is 450 g/mol. The fourth-order valence-corrected chi connectivity index (χ4v) is 3.17. The number of aryl methyl sites for hydroxylation is 1. The highest BCUT2D eigenvalue weighted by Crippen LogP contribution is 2.22. The lowest BCUT2D eigenvalue weighted by molar-refractivity contribution is 0.0995. The van der Waals surface area contributed by atoms with Crippen LogP contribution in [0.4, 0.5) is 0 Å². The molecular formula is C22H25Cl2N3O3. The van der Waals surface area contributed by atoms with Crippen LogP contribution >= 0.6 is 24.0 Å². The SMILES string of the molecule is Cl.NC(=O)c1cn(CC(O)CCCc2ccccc2OCc2ccc(Cl)cc2)cn1. The molecule has 0 spiro atoms. The van der Waals surface area contributed by atoms with Crippen molar-refractivity contribution in [2.75, 3.05) is 0 Å². The molecule has 1 amide bonds. The van der Waals surface area contributed by atoms with Gasteiger partial charge in [0.2, 0.25) is 0 Å². The summed E-state index contributed by atoms with van der Waals surface area (Å²) < 4.78 is 7.65. The molecule has 1 heterocycles. The zero-order valence-corrected chi connectivity index (χ0v) is 18.0. The van der Waals surface area contributed by atoms with Crippen LogP contribution in [0, 0.1) is 0 Å². The fraction of sp³-hybridized carbons (Fsp3) is 0.273. The van der Waals surface area contributed by atoms with Crippen molar-refractivity contribution in [1.29, 1.82) is 0 Å². The highest BCUT2D eigenvalue weighted by molar-refractivity contribution is 6.30. The molecule has 30 heavy (non-hydrogen) atoms. The average Bonchev–Trinajstić information content (AvgIpc) is 3.17. The Morgan fingerprint density at radius 1 is 1.20 bits per heavy atom. The number of aliphatic hydroxyl groups is 1. The minimum atomic E-state index is -0.576. The predicted molar refractivity (Wildman–Crippen MR) is 119 cm³/mol. The maximum absolute atomic E-state index is 11.1. The Morgan fingerprint density at radius 2 is 1.93 bits per heavy atom. The molecule has 0 saturated carbocycles. The molecule has 6 nitrogen and oxygen atoms in total. The molecule has 3 N–H and O–H groups in total. The van der Waals surface area contributed by atoms with Crippen molar-refractivity contribution >= 4 is 29.9 Å². The molecule has 0 radical (unpaired) electrons. The Morgan fingerprint density at radius 3 is 2.63 bits per heavy atom. The second kappa shape index (κ2) is 11.6. The molecule has 0 aliphatic carbocycles. The molecule has 3 rings (SSSR count). The maximum atomic E-state index is 11.1.